The van der Waals surface area contributed by atoms with Crippen molar-refractivity contribution < 1.29 is 14.1 Å². The van der Waals surface area contributed by atoms with Crippen molar-refractivity contribution in [2.24, 2.45) is 5.10 Å². The van der Waals surface area contributed by atoms with Crippen LogP contribution in [-0.4, -0.2) is 22.8 Å². The van der Waals surface area contributed by atoms with Crippen LogP contribution in [0.25, 0.3) is 0 Å². The number of amides is 1. The van der Waals surface area contributed by atoms with Crippen molar-refractivity contribution in [1.82, 2.24) is 5.43 Å². The normalized spacial score (nSPS) is 10.8. The number of nitro benzene ring substituents is 1. The van der Waals surface area contributed by atoms with Crippen molar-refractivity contribution in [3.05, 3.63) is 62.5 Å². The molecular formula is C14H12BrN3O4S. The zero-order valence-corrected chi connectivity index (χ0v) is 14.2. The van der Waals surface area contributed by atoms with Crippen LogP contribution in [0.15, 0.2) is 50.6 Å². The zero-order chi connectivity index (χ0) is 16.7. The van der Waals surface area contributed by atoms with E-state index in [-0.39, 0.29) is 17.3 Å². The Balaban J connectivity index is 1.70. The van der Waals surface area contributed by atoms with E-state index in [9.17, 15) is 14.9 Å². The Labute approximate surface area is 144 Å². The third-order valence-electron chi connectivity index (χ3n) is 2.62. The second kappa shape index (κ2) is 8.49. The molecule has 7 nitrogen and oxygen atoms in total. The van der Waals surface area contributed by atoms with E-state index >= 15 is 0 Å². The SMILES string of the molecule is O=C(CSCc1ccc([N+](=O)[O-])cc1)N/N=C\c1ccc(Br)o1. The molecule has 23 heavy (non-hydrogen) atoms. The Bertz CT molecular complexity index is 715. The standard InChI is InChI=1S/C14H12BrN3O4S/c15-13-6-5-12(22-13)7-16-17-14(19)9-23-8-10-1-3-11(4-2-10)18(20)21/h1-7H,8-9H2,(H,17,19)/b16-7-. The van der Waals surface area contributed by atoms with Crippen LogP contribution >= 0.6 is 27.7 Å². The molecule has 0 aliphatic heterocycles. The highest BCUT2D eigenvalue weighted by Crippen LogP contribution is 2.16. The molecule has 120 valence electrons. The Morgan fingerprint density at radius 1 is 1.35 bits per heavy atom. The van der Waals surface area contributed by atoms with Crippen LogP contribution in [0.5, 0.6) is 0 Å². The number of hydrazone groups is 1. The average molecular weight is 398 g/mol. The first-order valence-electron chi connectivity index (χ1n) is 6.43. The first-order valence-corrected chi connectivity index (χ1v) is 8.37. The molecule has 0 spiro atoms. The number of hydrogen-bond acceptors (Lipinski definition) is 6. The van der Waals surface area contributed by atoms with E-state index in [1.54, 1.807) is 24.3 Å². The Morgan fingerprint density at radius 2 is 2.09 bits per heavy atom. The van der Waals surface area contributed by atoms with Gasteiger partial charge in [-0.25, -0.2) is 5.43 Å². The van der Waals surface area contributed by atoms with Gasteiger partial charge >= 0.3 is 0 Å². The lowest BCUT2D eigenvalue weighted by Crippen LogP contribution is -2.19. The zero-order valence-electron chi connectivity index (χ0n) is 11.8. The summed E-state index contributed by atoms with van der Waals surface area (Å²) in [6.45, 7) is 0. The highest BCUT2D eigenvalue weighted by Gasteiger charge is 2.05. The summed E-state index contributed by atoms with van der Waals surface area (Å²) in [7, 11) is 0. The number of benzene rings is 1. The third kappa shape index (κ3) is 5.87. The maximum absolute atomic E-state index is 11.6. The molecule has 0 saturated heterocycles. The smallest absolute Gasteiger partial charge is 0.269 e. The molecule has 0 unspecified atom stereocenters. The summed E-state index contributed by atoms with van der Waals surface area (Å²) in [6.07, 6.45) is 1.41. The monoisotopic (exact) mass is 397 g/mol. The molecular weight excluding hydrogens is 386 g/mol. The van der Waals surface area contributed by atoms with Crippen molar-refractivity contribution in [3.63, 3.8) is 0 Å². The number of halogens is 1. The van der Waals surface area contributed by atoms with Gasteiger partial charge in [-0.05, 0) is 33.6 Å². The lowest BCUT2D eigenvalue weighted by Gasteiger charge is -2.01. The molecule has 2 aromatic rings. The molecule has 1 aromatic heterocycles. The number of thioether (sulfide) groups is 1. The highest BCUT2D eigenvalue weighted by atomic mass is 79.9. The van der Waals surface area contributed by atoms with Crippen molar-refractivity contribution in [2.45, 2.75) is 5.75 Å². The predicted molar refractivity (Wildman–Crippen MR) is 91.4 cm³/mol. The number of carbonyl (C=O) groups is 1. The van der Waals surface area contributed by atoms with Gasteiger partial charge < -0.3 is 4.42 Å². The molecule has 0 aliphatic rings. The fourth-order valence-electron chi connectivity index (χ4n) is 1.57. The van der Waals surface area contributed by atoms with Gasteiger partial charge in [0.1, 0.15) is 5.76 Å². The van der Waals surface area contributed by atoms with Crippen LogP contribution in [0.4, 0.5) is 5.69 Å². The maximum atomic E-state index is 11.6. The van der Waals surface area contributed by atoms with Crippen molar-refractivity contribution in [1.29, 1.82) is 0 Å². The van der Waals surface area contributed by atoms with Crippen molar-refractivity contribution >= 4 is 45.5 Å². The van der Waals surface area contributed by atoms with E-state index < -0.39 is 4.92 Å². The number of rotatable bonds is 7. The molecule has 0 saturated carbocycles. The van der Waals surface area contributed by atoms with E-state index in [1.165, 1.54) is 30.1 Å². The summed E-state index contributed by atoms with van der Waals surface area (Å²) in [5.41, 5.74) is 3.36. The summed E-state index contributed by atoms with van der Waals surface area (Å²) < 4.78 is 5.78. The van der Waals surface area contributed by atoms with E-state index in [0.717, 1.165) is 5.56 Å². The summed E-state index contributed by atoms with van der Waals surface area (Å²) >= 11 is 4.56. The summed E-state index contributed by atoms with van der Waals surface area (Å²) in [5.74, 6) is 1.10. The van der Waals surface area contributed by atoms with Crippen LogP contribution in [0.2, 0.25) is 0 Å². The van der Waals surface area contributed by atoms with Crippen LogP contribution in [-0.2, 0) is 10.5 Å². The van der Waals surface area contributed by atoms with Gasteiger partial charge in [0, 0.05) is 17.9 Å². The van der Waals surface area contributed by atoms with Gasteiger partial charge in [0.15, 0.2) is 4.67 Å². The fourth-order valence-corrected chi connectivity index (χ4v) is 2.67. The van der Waals surface area contributed by atoms with Crippen LogP contribution in [0.3, 0.4) is 0 Å². The van der Waals surface area contributed by atoms with E-state index in [1.807, 2.05) is 0 Å². The van der Waals surface area contributed by atoms with Gasteiger partial charge in [0.05, 0.1) is 16.9 Å². The van der Waals surface area contributed by atoms with Gasteiger partial charge in [0.25, 0.3) is 5.69 Å². The van der Waals surface area contributed by atoms with Crippen LogP contribution in [0, 0.1) is 10.1 Å². The Hall–Kier alpha value is -2.13. The summed E-state index contributed by atoms with van der Waals surface area (Å²) in [6, 6.07) is 9.68. The first kappa shape index (κ1) is 17.2. The average Bonchev–Trinajstić information content (AvgIpc) is 2.93. The largest absolute Gasteiger partial charge is 0.448 e. The fraction of sp³-hybridized carbons (Fsp3) is 0.143. The molecule has 1 amide bonds. The second-order valence-corrected chi connectivity index (χ2v) is 6.12. The molecule has 2 rings (SSSR count). The number of nitro groups is 1. The molecule has 1 heterocycles. The number of nitrogens with zero attached hydrogens (tertiary/aromatic N) is 2. The molecule has 0 fully saturated rings. The van der Waals surface area contributed by atoms with Gasteiger partial charge in [-0.3, -0.25) is 14.9 Å². The van der Waals surface area contributed by atoms with Crippen molar-refractivity contribution in [2.75, 3.05) is 5.75 Å². The minimum Gasteiger partial charge on any atom is -0.448 e. The van der Waals surface area contributed by atoms with Gasteiger partial charge in [-0.15, -0.1) is 11.8 Å². The number of carbonyl (C=O) groups excluding carboxylic acids is 1. The number of nitrogens with one attached hydrogen (secondary N) is 1. The minimum absolute atomic E-state index is 0.0513. The van der Waals surface area contributed by atoms with Crippen LogP contribution < -0.4 is 5.43 Å². The highest BCUT2D eigenvalue weighted by molar-refractivity contribution is 9.10. The summed E-state index contributed by atoms with van der Waals surface area (Å²) in [5, 5.41) is 14.3. The first-order chi connectivity index (χ1) is 11.0. The lowest BCUT2D eigenvalue weighted by atomic mass is 10.2. The van der Waals surface area contributed by atoms with Gasteiger partial charge in [-0.1, -0.05) is 12.1 Å². The Kier molecular flexibility index (Phi) is 6.36. The molecule has 0 atom stereocenters. The minimum atomic E-state index is -0.445. The number of non-ortho nitro benzene ring substituents is 1. The van der Waals surface area contributed by atoms with Gasteiger partial charge in [0.2, 0.25) is 5.91 Å². The topological polar surface area (TPSA) is 97.7 Å². The predicted octanol–water partition coefficient (Wildman–Crippen LogP) is 3.33. The van der Waals surface area contributed by atoms with Gasteiger partial charge in [-0.2, -0.15) is 5.10 Å². The van der Waals surface area contributed by atoms with E-state index in [4.69, 9.17) is 4.42 Å². The second-order valence-electron chi connectivity index (χ2n) is 4.35. The third-order valence-corrected chi connectivity index (χ3v) is 4.05. The van der Waals surface area contributed by atoms with Crippen molar-refractivity contribution in [3.8, 4) is 0 Å². The van der Waals surface area contributed by atoms with Crippen LogP contribution in [0.1, 0.15) is 11.3 Å². The molecule has 0 bridgehead atoms. The molecule has 0 aliphatic carbocycles. The van der Waals surface area contributed by atoms with E-state index in [2.05, 4.69) is 26.5 Å². The molecule has 9 heteroatoms. The maximum Gasteiger partial charge on any atom is 0.269 e. The number of furan rings is 1. The molecule has 1 N–H and O–H groups in total. The Morgan fingerprint density at radius 3 is 2.70 bits per heavy atom. The molecule has 1 aromatic carbocycles. The number of hydrogen-bond donors (Lipinski definition) is 1. The molecule has 0 radical (unpaired) electrons. The lowest BCUT2D eigenvalue weighted by molar-refractivity contribution is -0.384. The van der Waals surface area contributed by atoms with E-state index in [0.29, 0.717) is 16.2 Å². The quantitative estimate of drug-likeness (QED) is 0.438. The summed E-state index contributed by atoms with van der Waals surface area (Å²) in [4.78, 5) is 21.7.